The number of carbonyl (C=O) groups excluding carboxylic acids is 1. The molecule has 0 bridgehead atoms. The highest BCUT2D eigenvalue weighted by molar-refractivity contribution is 5.87. The van der Waals surface area contributed by atoms with Crippen LogP contribution in [0.25, 0.3) is 0 Å². The van der Waals surface area contributed by atoms with Gasteiger partial charge >= 0.3 is 0 Å². The van der Waals surface area contributed by atoms with Crippen LogP contribution < -0.4 is 10.7 Å². The van der Waals surface area contributed by atoms with Gasteiger partial charge in [-0.1, -0.05) is 17.7 Å². The van der Waals surface area contributed by atoms with E-state index in [0.717, 1.165) is 11.3 Å². The van der Waals surface area contributed by atoms with Crippen LogP contribution in [0.1, 0.15) is 22.4 Å². The van der Waals surface area contributed by atoms with Crippen molar-refractivity contribution in [3.05, 3.63) is 52.8 Å². The minimum Gasteiger partial charge on any atom is -0.505 e. The third-order valence-electron chi connectivity index (χ3n) is 3.42. The summed E-state index contributed by atoms with van der Waals surface area (Å²) in [6, 6.07) is 7.67. The number of carbonyl (C=O) groups is 1. The number of aromatic hydroxyl groups is 1. The monoisotopic (exact) mass is 328 g/mol. The number of anilines is 1. The lowest BCUT2D eigenvalue weighted by Gasteiger charge is -2.07. The van der Waals surface area contributed by atoms with Gasteiger partial charge in [-0.3, -0.25) is 9.78 Å². The van der Waals surface area contributed by atoms with E-state index in [4.69, 9.17) is 0 Å². The Morgan fingerprint density at radius 3 is 2.67 bits per heavy atom. The fourth-order valence-electron chi connectivity index (χ4n) is 1.98. The summed E-state index contributed by atoms with van der Waals surface area (Å²) in [6.07, 6.45) is 2.75. The van der Waals surface area contributed by atoms with Crippen LogP contribution in [0.4, 0.5) is 5.69 Å². The number of aromatic nitrogens is 1. The summed E-state index contributed by atoms with van der Waals surface area (Å²) in [4.78, 5) is 15.7. The molecule has 1 amide bonds. The topological polar surface area (TPSA) is 107 Å². The van der Waals surface area contributed by atoms with Gasteiger partial charge in [0.05, 0.1) is 25.1 Å². The van der Waals surface area contributed by atoms with Gasteiger partial charge in [-0.15, -0.1) is 0 Å². The molecule has 0 fully saturated rings. The molecule has 0 spiro atoms. The molecule has 1 heterocycles. The number of rotatable bonds is 6. The molecule has 4 N–H and O–H groups in total. The Morgan fingerprint density at radius 1 is 1.29 bits per heavy atom. The fraction of sp³-hybridized carbons (Fsp3) is 0.235. The van der Waals surface area contributed by atoms with Crippen molar-refractivity contribution in [2.45, 2.75) is 20.5 Å². The minimum atomic E-state index is -0.331. The van der Waals surface area contributed by atoms with Crippen molar-refractivity contribution in [3.63, 3.8) is 0 Å². The van der Waals surface area contributed by atoms with Crippen molar-refractivity contribution in [3.8, 4) is 5.75 Å². The average molecular weight is 328 g/mol. The number of nitrogens with zero attached hydrogens (tertiary/aromatic N) is 2. The Bertz CT molecular complexity index is 742. The fourth-order valence-corrected chi connectivity index (χ4v) is 1.98. The van der Waals surface area contributed by atoms with E-state index in [9.17, 15) is 15.0 Å². The first kappa shape index (κ1) is 17.4. The van der Waals surface area contributed by atoms with Crippen LogP contribution in [0.3, 0.4) is 0 Å². The van der Waals surface area contributed by atoms with Crippen molar-refractivity contribution >= 4 is 17.8 Å². The average Bonchev–Trinajstić information content (AvgIpc) is 2.58. The first-order chi connectivity index (χ1) is 11.5. The molecule has 7 heteroatoms. The summed E-state index contributed by atoms with van der Waals surface area (Å²) in [5.41, 5.74) is 5.52. The molecular weight excluding hydrogens is 308 g/mol. The SMILES string of the molecule is Cc1ccc(NCC(=O)N/N=C/c2c(CO)cnc(C)c2O)cc1. The zero-order chi connectivity index (χ0) is 17.5. The van der Waals surface area contributed by atoms with E-state index < -0.39 is 0 Å². The summed E-state index contributed by atoms with van der Waals surface area (Å²) in [7, 11) is 0. The molecule has 0 aliphatic carbocycles. The second-order valence-electron chi connectivity index (χ2n) is 5.30. The Morgan fingerprint density at radius 2 is 2.00 bits per heavy atom. The lowest BCUT2D eigenvalue weighted by molar-refractivity contribution is -0.119. The number of aryl methyl sites for hydroxylation is 2. The van der Waals surface area contributed by atoms with Gasteiger partial charge in [0.1, 0.15) is 5.75 Å². The zero-order valence-corrected chi connectivity index (χ0v) is 13.6. The van der Waals surface area contributed by atoms with Gasteiger partial charge in [-0.25, -0.2) is 5.43 Å². The van der Waals surface area contributed by atoms with Gasteiger partial charge in [0.25, 0.3) is 5.91 Å². The third-order valence-corrected chi connectivity index (χ3v) is 3.42. The highest BCUT2D eigenvalue weighted by Gasteiger charge is 2.09. The van der Waals surface area contributed by atoms with Crippen LogP contribution in [-0.2, 0) is 11.4 Å². The molecule has 126 valence electrons. The van der Waals surface area contributed by atoms with Gasteiger partial charge in [-0.2, -0.15) is 5.10 Å². The van der Waals surface area contributed by atoms with Crippen molar-refractivity contribution < 1.29 is 15.0 Å². The Balaban J connectivity index is 1.93. The van der Waals surface area contributed by atoms with Crippen LogP contribution in [0.15, 0.2) is 35.6 Å². The van der Waals surface area contributed by atoms with E-state index in [1.165, 1.54) is 12.4 Å². The van der Waals surface area contributed by atoms with Crippen LogP contribution in [0.2, 0.25) is 0 Å². The van der Waals surface area contributed by atoms with E-state index in [1.54, 1.807) is 6.92 Å². The normalized spacial score (nSPS) is 10.8. The molecule has 7 nitrogen and oxygen atoms in total. The maximum absolute atomic E-state index is 11.8. The molecule has 0 saturated carbocycles. The van der Waals surface area contributed by atoms with Crippen LogP contribution in [0.5, 0.6) is 5.75 Å². The first-order valence-electron chi connectivity index (χ1n) is 7.42. The first-order valence-corrected chi connectivity index (χ1v) is 7.42. The van der Waals surface area contributed by atoms with E-state index >= 15 is 0 Å². The zero-order valence-electron chi connectivity index (χ0n) is 13.6. The molecule has 1 aromatic carbocycles. The lowest BCUT2D eigenvalue weighted by Crippen LogP contribution is -2.25. The number of amides is 1. The number of benzene rings is 1. The highest BCUT2D eigenvalue weighted by atomic mass is 16.3. The van der Waals surface area contributed by atoms with Crippen LogP contribution >= 0.6 is 0 Å². The molecule has 2 aromatic rings. The molecule has 0 unspecified atom stereocenters. The summed E-state index contributed by atoms with van der Waals surface area (Å²) in [6.45, 7) is 3.40. The van der Waals surface area contributed by atoms with Crippen molar-refractivity contribution in [1.82, 2.24) is 10.4 Å². The maximum Gasteiger partial charge on any atom is 0.259 e. The van der Waals surface area contributed by atoms with Gasteiger partial charge in [0.15, 0.2) is 0 Å². The van der Waals surface area contributed by atoms with Crippen LogP contribution in [-0.4, -0.2) is 33.9 Å². The summed E-state index contributed by atoms with van der Waals surface area (Å²) in [5.74, 6) is -0.403. The molecule has 24 heavy (non-hydrogen) atoms. The van der Waals surface area contributed by atoms with Crippen molar-refractivity contribution in [1.29, 1.82) is 0 Å². The van der Waals surface area contributed by atoms with Gasteiger partial charge in [0, 0.05) is 23.0 Å². The Hall–Kier alpha value is -2.93. The van der Waals surface area contributed by atoms with Crippen molar-refractivity contribution in [2.75, 3.05) is 11.9 Å². The van der Waals surface area contributed by atoms with Crippen molar-refractivity contribution in [2.24, 2.45) is 5.10 Å². The van der Waals surface area contributed by atoms with E-state index in [-0.39, 0.29) is 24.8 Å². The van der Waals surface area contributed by atoms with Crippen LogP contribution in [0, 0.1) is 13.8 Å². The number of nitrogens with one attached hydrogen (secondary N) is 2. The lowest BCUT2D eigenvalue weighted by atomic mass is 10.1. The summed E-state index contributed by atoms with van der Waals surface area (Å²) < 4.78 is 0. The van der Waals surface area contributed by atoms with Gasteiger partial charge in [0.2, 0.25) is 0 Å². The Labute approximate surface area is 140 Å². The van der Waals surface area contributed by atoms with E-state index in [0.29, 0.717) is 16.8 Å². The minimum absolute atomic E-state index is 0.0641. The largest absolute Gasteiger partial charge is 0.505 e. The predicted octanol–water partition coefficient (Wildman–Crippen LogP) is 1.46. The number of aliphatic hydroxyl groups excluding tert-OH is 1. The van der Waals surface area contributed by atoms with E-state index in [2.05, 4.69) is 20.8 Å². The number of pyridine rings is 1. The quantitative estimate of drug-likeness (QED) is 0.474. The highest BCUT2D eigenvalue weighted by Crippen LogP contribution is 2.21. The number of hydrogen-bond donors (Lipinski definition) is 4. The summed E-state index contributed by atoms with van der Waals surface area (Å²) >= 11 is 0. The molecule has 0 atom stereocenters. The molecule has 2 rings (SSSR count). The number of hydrazone groups is 1. The predicted molar refractivity (Wildman–Crippen MR) is 92.0 cm³/mol. The molecule has 0 radical (unpaired) electrons. The second kappa shape index (κ2) is 8.07. The van der Waals surface area contributed by atoms with E-state index in [1.807, 2.05) is 31.2 Å². The number of hydrogen-bond acceptors (Lipinski definition) is 6. The Kier molecular flexibility index (Phi) is 5.86. The summed E-state index contributed by atoms with van der Waals surface area (Å²) in [5, 5.41) is 26.0. The molecular formula is C17H20N4O3. The number of aliphatic hydroxyl groups is 1. The molecule has 0 aliphatic rings. The standard InChI is InChI=1S/C17H20N4O3/c1-11-3-5-14(6-4-11)19-9-16(23)21-20-8-15-13(10-22)7-18-12(2)17(15)24/h3-8,19,22,24H,9-10H2,1-2H3,(H,21,23)/b20-8+. The smallest absolute Gasteiger partial charge is 0.259 e. The second-order valence-corrected chi connectivity index (χ2v) is 5.30. The van der Waals surface area contributed by atoms with Gasteiger partial charge < -0.3 is 15.5 Å². The molecule has 1 aromatic heterocycles. The third kappa shape index (κ3) is 4.53. The molecule has 0 aliphatic heterocycles. The van der Waals surface area contributed by atoms with Gasteiger partial charge in [-0.05, 0) is 26.0 Å². The maximum atomic E-state index is 11.8. The molecule has 0 saturated heterocycles.